The molecule has 1 aliphatic rings. The van der Waals surface area contributed by atoms with Crippen molar-refractivity contribution in [1.29, 1.82) is 0 Å². The van der Waals surface area contributed by atoms with Crippen LogP contribution in [0.5, 0.6) is 0 Å². The van der Waals surface area contributed by atoms with Gasteiger partial charge < -0.3 is 5.32 Å². The molecule has 1 fully saturated rings. The molecule has 1 aliphatic heterocycles. The number of anilines is 1. The van der Waals surface area contributed by atoms with E-state index in [1.807, 2.05) is 24.3 Å². The predicted molar refractivity (Wildman–Crippen MR) is 108 cm³/mol. The molecule has 0 aromatic heterocycles. The van der Waals surface area contributed by atoms with Crippen LogP contribution in [-0.2, 0) is 11.3 Å². The summed E-state index contributed by atoms with van der Waals surface area (Å²) in [6, 6.07) is 12.8. The summed E-state index contributed by atoms with van der Waals surface area (Å²) in [6.45, 7) is 4.63. The molecule has 4 nitrogen and oxygen atoms in total. The molecule has 26 heavy (non-hydrogen) atoms. The van der Waals surface area contributed by atoms with Crippen molar-refractivity contribution < 1.29 is 4.79 Å². The van der Waals surface area contributed by atoms with Gasteiger partial charge in [0, 0.05) is 53.5 Å². The molecule has 3 rings (SSSR count). The highest BCUT2D eigenvalue weighted by molar-refractivity contribution is 6.35. The van der Waals surface area contributed by atoms with E-state index in [0.29, 0.717) is 21.6 Å². The average molecular weight is 413 g/mol. The Morgan fingerprint density at radius 3 is 2.31 bits per heavy atom. The SMILES string of the molecule is O=C(CN1CCN(Cc2ccc(Cl)cc2Cl)CC1)Nc1cccc(Cl)c1. The lowest BCUT2D eigenvalue weighted by atomic mass is 10.2. The molecule has 2 aromatic carbocycles. The van der Waals surface area contributed by atoms with Gasteiger partial charge in [-0.25, -0.2) is 0 Å². The van der Waals surface area contributed by atoms with Gasteiger partial charge in [-0.3, -0.25) is 14.6 Å². The Balaban J connectivity index is 1.45. The third kappa shape index (κ3) is 5.60. The molecular formula is C19H20Cl3N3O. The van der Waals surface area contributed by atoms with Crippen LogP contribution >= 0.6 is 34.8 Å². The third-order valence-corrected chi connectivity index (χ3v) is 5.17. The maximum Gasteiger partial charge on any atom is 0.238 e. The van der Waals surface area contributed by atoms with Gasteiger partial charge in [0.1, 0.15) is 0 Å². The fourth-order valence-electron chi connectivity index (χ4n) is 2.97. The van der Waals surface area contributed by atoms with E-state index in [1.165, 1.54) is 0 Å². The van der Waals surface area contributed by atoms with Gasteiger partial charge >= 0.3 is 0 Å². The van der Waals surface area contributed by atoms with Crippen molar-refractivity contribution >= 4 is 46.4 Å². The van der Waals surface area contributed by atoms with Gasteiger partial charge in [0.2, 0.25) is 5.91 Å². The van der Waals surface area contributed by atoms with Gasteiger partial charge in [0.25, 0.3) is 0 Å². The lowest BCUT2D eigenvalue weighted by molar-refractivity contribution is -0.117. The summed E-state index contributed by atoms with van der Waals surface area (Å²) in [4.78, 5) is 16.7. The number of carbonyl (C=O) groups excluding carboxylic acids is 1. The zero-order valence-corrected chi connectivity index (χ0v) is 16.5. The van der Waals surface area contributed by atoms with Gasteiger partial charge in [-0.1, -0.05) is 46.9 Å². The van der Waals surface area contributed by atoms with Crippen LogP contribution < -0.4 is 5.32 Å². The topological polar surface area (TPSA) is 35.6 Å². The molecule has 0 bridgehead atoms. The van der Waals surface area contributed by atoms with E-state index >= 15 is 0 Å². The normalized spacial score (nSPS) is 15.8. The number of halogens is 3. The molecule has 138 valence electrons. The van der Waals surface area contributed by atoms with E-state index in [4.69, 9.17) is 34.8 Å². The van der Waals surface area contributed by atoms with Gasteiger partial charge in [-0.2, -0.15) is 0 Å². The minimum Gasteiger partial charge on any atom is -0.325 e. The highest BCUT2D eigenvalue weighted by Gasteiger charge is 2.19. The second-order valence-corrected chi connectivity index (χ2v) is 7.63. The number of amides is 1. The first-order chi connectivity index (χ1) is 12.5. The lowest BCUT2D eigenvalue weighted by Gasteiger charge is -2.34. The first-order valence-corrected chi connectivity index (χ1v) is 9.57. The van der Waals surface area contributed by atoms with Crippen molar-refractivity contribution in [3.8, 4) is 0 Å². The van der Waals surface area contributed by atoms with Crippen LogP contribution in [0.4, 0.5) is 5.69 Å². The maximum atomic E-state index is 12.2. The van der Waals surface area contributed by atoms with Crippen molar-refractivity contribution in [3.05, 3.63) is 63.1 Å². The van der Waals surface area contributed by atoms with Crippen LogP contribution in [0.1, 0.15) is 5.56 Å². The molecule has 0 aliphatic carbocycles. The predicted octanol–water partition coefficient (Wildman–Crippen LogP) is 4.40. The zero-order valence-electron chi connectivity index (χ0n) is 14.2. The Kier molecular flexibility index (Phi) is 6.79. The van der Waals surface area contributed by atoms with Gasteiger partial charge in [-0.05, 0) is 35.9 Å². The summed E-state index contributed by atoms with van der Waals surface area (Å²) < 4.78 is 0. The number of carbonyl (C=O) groups is 1. The second-order valence-electron chi connectivity index (χ2n) is 6.35. The first kappa shape index (κ1) is 19.5. The highest BCUT2D eigenvalue weighted by Crippen LogP contribution is 2.22. The summed E-state index contributed by atoms with van der Waals surface area (Å²) in [5.74, 6) is -0.0264. The van der Waals surface area contributed by atoms with Gasteiger partial charge in [0.15, 0.2) is 0 Å². The smallest absolute Gasteiger partial charge is 0.238 e. The van der Waals surface area contributed by atoms with E-state index in [2.05, 4.69) is 15.1 Å². The van der Waals surface area contributed by atoms with Crippen LogP contribution in [0.25, 0.3) is 0 Å². The number of hydrogen-bond donors (Lipinski definition) is 1. The molecular weight excluding hydrogens is 393 g/mol. The summed E-state index contributed by atoms with van der Waals surface area (Å²) in [5.41, 5.74) is 1.79. The van der Waals surface area contributed by atoms with E-state index in [-0.39, 0.29) is 5.91 Å². The Labute approximate surface area is 168 Å². The Bertz CT molecular complexity index is 776. The maximum absolute atomic E-state index is 12.2. The molecule has 1 heterocycles. The van der Waals surface area contributed by atoms with Crippen molar-refractivity contribution in [3.63, 3.8) is 0 Å². The molecule has 1 saturated heterocycles. The summed E-state index contributed by atoms with van der Waals surface area (Å²) in [7, 11) is 0. The van der Waals surface area contributed by atoms with E-state index in [0.717, 1.165) is 44.0 Å². The second kappa shape index (κ2) is 9.07. The van der Waals surface area contributed by atoms with E-state index in [9.17, 15) is 4.79 Å². The number of piperazine rings is 1. The largest absolute Gasteiger partial charge is 0.325 e. The first-order valence-electron chi connectivity index (χ1n) is 8.43. The molecule has 0 spiro atoms. The van der Waals surface area contributed by atoms with Crippen molar-refractivity contribution in [2.24, 2.45) is 0 Å². The van der Waals surface area contributed by atoms with Gasteiger partial charge in [-0.15, -0.1) is 0 Å². The Morgan fingerprint density at radius 2 is 1.62 bits per heavy atom. The number of nitrogens with one attached hydrogen (secondary N) is 1. The molecule has 0 atom stereocenters. The minimum atomic E-state index is -0.0264. The number of hydrogen-bond acceptors (Lipinski definition) is 3. The molecule has 1 amide bonds. The quantitative estimate of drug-likeness (QED) is 0.790. The van der Waals surface area contributed by atoms with Crippen molar-refractivity contribution in [1.82, 2.24) is 9.80 Å². The monoisotopic (exact) mass is 411 g/mol. The van der Waals surface area contributed by atoms with E-state index in [1.54, 1.807) is 18.2 Å². The fourth-order valence-corrected chi connectivity index (χ4v) is 3.62. The number of rotatable bonds is 5. The summed E-state index contributed by atoms with van der Waals surface area (Å²) >= 11 is 18.1. The molecule has 0 saturated carbocycles. The van der Waals surface area contributed by atoms with Crippen molar-refractivity contribution in [2.45, 2.75) is 6.54 Å². The summed E-state index contributed by atoms with van der Waals surface area (Å²) in [6.07, 6.45) is 0. The molecule has 1 N–H and O–H groups in total. The molecule has 2 aromatic rings. The number of benzene rings is 2. The third-order valence-electron chi connectivity index (χ3n) is 4.35. The van der Waals surface area contributed by atoms with Crippen LogP contribution in [-0.4, -0.2) is 48.4 Å². The van der Waals surface area contributed by atoms with Crippen LogP contribution in [0.3, 0.4) is 0 Å². The minimum absolute atomic E-state index is 0.0264. The highest BCUT2D eigenvalue weighted by atomic mass is 35.5. The van der Waals surface area contributed by atoms with Crippen LogP contribution in [0.15, 0.2) is 42.5 Å². The fraction of sp³-hybridized carbons (Fsp3) is 0.316. The average Bonchev–Trinajstić information content (AvgIpc) is 2.59. The number of nitrogens with zero attached hydrogens (tertiary/aromatic N) is 2. The van der Waals surface area contributed by atoms with Crippen LogP contribution in [0.2, 0.25) is 15.1 Å². The summed E-state index contributed by atoms with van der Waals surface area (Å²) in [5, 5.41) is 4.84. The Morgan fingerprint density at radius 1 is 0.923 bits per heavy atom. The molecule has 0 unspecified atom stereocenters. The van der Waals surface area contributed by atoms with Crippen LogP contribution in [0, 0.1) is 0 Å². The lowest BCUT2D eigenvalue weighted by Crippen LogP contribution is -2.48. The van der Waals surface area contributed by atoms with E-state index < -0.39 is 0 Å². The van der Waals surface area contributed by atoms with Crippen molar-refractivity contribution in [2.75, 3.05) is 38.0 Å². The Hall–Kier alpha value is -1.30. The standard InChI is InChI=1S/C19H20Cl3N3O/c20-15-2-1-3-17(10-15)23-19(26)13-25-8-6-24(7-9-25)12-14-4-5-16(21)11-18(14)22/h1-5,10-11H,6-9,12-13H2,(H,23,26). The molecule has 0 radical (unpaired) electrons. The molecule has 7 heteroatoms. The zero-order chi connectivity index (χ0) is 18.5. The van der Waals surface area contributed by atoms with Gasteiger partial charge in [0.05, 0.1) is 6.54 Å².